The SMILES string of the molecule is C=CCNc1ccnc(Nc2cccc(F)c2)n1. The Balaban J connectivity index is 2.11. The number of benzene rings is 1. The Morgan fingerprint density at radius 3 is 3.00 bits per heavy atom. The summed E-state index contributed by atoms with van der Waals surface area (Å²) in [7, 11) is 0. The molecule has 1 aromatic carbocycles. The van der Waals surface area contributed by atoms with Gasteiger partial charge >= 0.3 is 0 Å². The average Bonchev–Trinajstić information content (AvgIpc) is 2.37. The Hall–Kier alpha value is -2.43. The van der Waals surface area contributed by atoms with Gasteiger partial charge in [0.05, 0.1) is 0 Å². The smallest absolute Gasteiger partial charge is 0.229 e. The standard InChI is InChI=1S/C13H13FN4/c1-2-7-15-12-6-8-16-13(18-12)17-11-5-3-4-10(14)9-11/h2-6,8-9H,1,7H2,(H2,15,16,17,18). The highest BCUT2D eigenvalue weighted by Crippen LogP contribution is 2.14. The van der Waals surface area contributed by atoms with Gasteiger partial charge in [-0.3, -0.25) is 0 Å². The van der Waals surface area contributed by atoms with E-state index in [2.05, 4.69) is 27.2 Å². The van der Waals surface area contributed by atoms with Gasteiger partial charge in [0.2, 0.25) is 5.95 Å². The Labute approximate surface area is 105 Å². The number of rotatable bonds is 5. The highest BCUT2D eigenvalue weighted by Gasteiger charge is 2.00. The van der Waals surface area contributed by atoms with E-state index in [0.29, 0.717) is 24.0 Å². The van der Waals surface area contributed by atoms with Gasteiger partial charge in [-0.1, -0.05) is 12.1 Å². The quantitative estimate of drug-likeness (QED) is 0.794. The van der Waals surface area contributed by atoms with Gasteiger partial charge in [-0.15, -0.1) is 6.58 Å². The first kappa shape index (κ1) is 12.0. The van der Waals surface area contributed by atoms with E-state index in [4.69, 9.17) is 0 Å². The van der Waals surface area contributed by atoms with Gasteiger partial charge < -0.3 is 10.6 Å². The van der Waals surface area contributed by atoms with E-state index in [1.165, 1.54) is 12.1 Å². The van der Waals surface area contributed by atoms with Crippen LogP contribution in [-0.4, -0.2) is 16.5 Å². The van der Waals surface area contributed by atoms with Crippen LogP contribution in [0.5, 0.6) is 0 Å². The number of halogens is 1. The summed E-state index contributed by atoms with van der Waals surface area (Å²) in [6.07, 6.45) is 3.36. The number of anilines is 3. The molecule has 0 saturated carbocycles. The van der Waals surface area contributed by atoms with Gasteiger partial charge in [-0.2, -0.15) is 4.98 Å². The monoisotopic (exact) mass is 244 g/mol. The zero-order valence-electron chi connectivity index (χ0n) is 9.73. The van der Waals surface area contributed by atoms with Crippen molar-refractivity contribution in [2.45, 2.75) is 0 Å². The second kappa shape index (κ2) is 5.77. The number of aromatic nitrogens is 2. The van der Waals surface area contributed by atoms with Crippen LogP contribution in [0.1, 0.15) is 0 Å². The highest BCUT2D eigenvalue weighted by atomic mass is 19.1. The zero-order valence-corrected chi connectivity index (χ0v) is 9.73. The second-order valence-electron chi connectivity index (χ2n) is 3.57. The molecular weight excluding hydrogens is 231 g/mol. The van der Waals surface area contributed by atoms with Crippen LogP contribution in [0.3, 0.4) is 0 Å². The minimum atomic E-state index is -0.305. The van der Waals surface area contributed by atoms with Crippen molar-refractivity contribution >= 4 is 17.5 Å². The van der Waals surface area contributed by atoms with Crippen LogP contribution in [0.15, 0.2) is 49.2 Å². The van der Waals surface area contributed by atoms with E-state index in [-0.39, 0.29) is 5.82 Å². The fourth-order valence-electron chi connectivity index (χ4n) is 1.39. The summed E-state index contributed by atoms with van der Waals surface area (Å²) in [5.41, 5.74) is 0.607. The Kier molecular flexibility index (Phi) is 3.86. The molecule has 0 aliphatic carbocycles. The molecule has 0 amide bonds. The third kappa shape index (κ3) is 3.28. The first-order valence-corrected chi connectivity index (χ1v) is 5.48. The van der Waals surface area contributed by atoms with Crippen molar-refractivity contribution in [2.24, 2.45) is 0 Å². The molecule has 0 radical (unpaired) electrons. The van der Waals surface area contributed by atoms with Crippen LogP contribution in [-0.2, 0) is 0 Å². The van der Waals surface area contributed by atoms with Gasteiger partial charge in [0, 0.05) is 18.4 Å². The maximum atomic E-state index is 13.0. The van der Waals surface area contributed by atoms with Gasteiger partial charge in [0.15, 0.2) is 0 Å². The Morgan fingerprint density at radius 1 is 1.33 bits per heavy atom. The van der Waals surface area contributed by atoms with Crippen LogP contribution in [0.25, 0.3) is 0 Å². The van der Waals surface area contributed by atoms with E-state index in [0.717, 1.165) is 0 Å². The third-order valence-corrected chi connectivity index (χ3v) is 2.16. The molecule has 1 heterocycles. The fraction of sp³-hybridized carbons (Fsp3) is 0.0769. The van der Waals surface area contributed by atoms with E-state index in [1.807, 2.05) is 0 Å². The molecule has 0 aliphatic rings. The van der Waals surface area contributed by atoms with Crippen molar-refractivity contribution in [3.63, 3.8) is 0 Å². The Morgan fingerprint density at radius 2 is 2.22 bits per heavy atom. The van der Waals surface area contributed by atoms with Crippen molar-refractivity contribution < 1.29 is 4.39 Å². The molecule has 2 rings (SSSR count). The van der Waals surface area contributed by atoms with Gasteiger partial charge in [0.25, 0.3) is 0 Å². The van der Waals surface area contributed by atoms with E-state index < -0.39 is 0 Å². The van der Waals surface area contributed by atoms with Gasteiger partial charge in [0.1, 0.15) is 11.6 Å². The van der Waals surface area contributed by atoms with Crippen LogP contribution < -0.4 is 10.6 Å². The van der Waals surface area contributed by atoms with Crippen molar-refractivity contribution in [1.82, 2.24) is 9.97 Å². The van der Waals surface area contributed by atoms with Gasteiger partial charge in [-0.05, 0) is 24.3 Å². The molecule has 0 bridgehead atoms. The van der Waals surface area contributed by atoms with Crippen molar-refractivity contribution in [1.29, 1.82) is 0 Å². The molecule has 0 spiro atoms. The molecule has 0 fully saturated rings. The van der Waals surface area contributed by atoms with E-state index in [1.54, 1.807) is 30.5 Å². The lowest BCUT2D eigenvalue weighted by atomic mass is 10.3. The molecule has 18 heavy (non-hydrogen) atoms. The molecule has 4 nitrogen and oxygen atoms in total. The normalized spacial score (nSPS) is 9.83. The van der Waals surface area contributed by atoms with Crippen LogP contribution in [0, 0.1) is 5.82 Å². The summed E-state index contributed by atoms with van der Waals surface area (Å²) >= 11 is 0. The zero-order chi connectivity index (χ0) is 12.8. The number of nitrogens with one attached hydrogen (secondary N) is 2. The largest absolute Gasteiger partial charge is 0.366 e. The summed E-state index contributed by atoms with van der Waals surface area (Å²) in [5, 5.41) is 5.98. The highest BCUT2D eigenvalue weighted by molar-refractivity contribution is 5.54. The summed E-state index contributed by atoms with van der Waals surface area (Å²) in [6, 6.07) is 7.88. The average molecular weight is 244 g/mol. The topological polar surface area (TPSA) is 49.8 Å². The van der Waals surface area contributed by atoms with Crippen LogP contribution in [0.2, 0.25) is 0 Å². The van der Waals surface area contributed by atoms with Crippen molar-refractivity contribution in [3.05, 3.63) is 55.0 Å². The maximum Gasteiger partial charge on any atom is 0.229 e. The van der Waals surface area contributed by atoms with Gasteiger partial charge in [-0.25, -0.2) is 9.37 Å². The number of hydrogen-bond donors (Lipinski definition) is 2. The first-order chi connectivity index (χ1) is 8.78. The maximum absolute atomic E-state index is 13.0. The van der Waals surface area contributed by atoms with E-state index >= 15 is 0 Å². The molecule has 0 saturated heterocycles. The molecule has 0 atom stereocenters. The number of hydrogen-bond acceptors (Lipinski definition) is 4. The Bertz CT molecular complexity index is 542. The lowest BCUT2D eigenvalue weighted by Crippen LogP contribution is -2.03. The van der Waals surface area contributed by atoms with Crippen molar-refractivity contribution in [2.75, 3.05) is 17.2 Å². The van der Waals surface area contributed by atoms with Crippen molar-refractivity contribution in [3.8, 4) is 0 Å². The summed E-state index contributed by atoms with van der Waals surface area (Å²) in [4.78, 5) is 8.29. The minimum absolute atomic E-state index is 0.305. The van der Waals surface area contributed by atoms with Crippen LogP contribution in [0.4, 0.5) is 21.8 Å². The molecule has 2 N–H and O–H groups in total. The summed E-state index contributed by atoms with van der Waals surface area (Å²) in [6.45, 7) is 4.23. The summed E-state index contributed by atoms with van der Waals surface area (Å²) in [5.74, 6) is 0.791. The van der Waals surface area contributed by atoms with Crippen LogP contribution >= 0.6 is 0 Å². The fourth-order valence-corrected chi connectivity index (χ4v) is 1.39. The molecule has 5 heteroatoms. The predicted octanol–water partition coefficient (Wildman–Crippen LogP) is 2.96. The predicted molar refractivity (Wildman–Crippen MR) is 70.4 cm³/mol. The van der Waals surface area contributed by atoms with E-state index in [9.17, 15) is 4.39 Å². The molecule has 2 aromatic rings. The first-order valence-electron chi connectivity index (χ1n) is 5.48. The molecule has 92 valence electrons. The molecule has 0 unspecified atom stereocenters. The summed E-state index contributed by atoms with van der Waals surface area (Å²) < 4.78 is 13.0. The molecular formula is C13H13FN4. The molecule has 0 aliphatic heterocycles. The third-order valence-electron chi connectivity index (χ3n) is 2.16. The number of nitrogens with zero attached hydrogens (tertiary/aromatic N) is 2. The lowest BCUT2D eigenvalue weighted by molar-refractivity contribution is 0.628. The second-order valence-corrected chi connectivity index (χ2v) is 3.57. The lowest BCUT2D eigenvalue weighted by Gasteiger charge is -2.07. The molecule has 1 aromatic heterocycles. The minimum Gasteiger partial charge on any atom is -0.366 e.